The molecule has 1 aromatic carbocycles. The molecule has 1 N–H and O–H groups in total. The monoisotopic (exact) mass is 250 g/mol. The van der Waals surface area contributed by atoms with E-state index >= 15 is 0 Å². The Morgan fingerprint density at radius 2 is 1.94 bits per heavy atom. The van der Waals surface area contributed by atoms with E-state index in [2.05, 4.69) is 23.7 Å². The van der Waals surface area contributed by atoms with Gasteiger partial charge in [-0.1, -0.05) is 0 Å². The lowest BCUT2D eigenvalue weighted by Gasteiger charge is -2.16. The SMILES string of the molecule is CSc1ccc(NCC(=O)N2CCCC2)cc1. The first-order valence-corrected chi connectivity index (χ1v) is 7.18. The molecule has 0 unspecified atom stereocenters. The Bertz CT molecular complexity index is 372. The van der Waals surface area contributed by atoms with Gasteiger partial charge in [0.05, 0.1) is 6.54 Å². The van der Waals surface area contributed by atoms with E-state index in [1.165, 1.54) is 4.90 Å². The summed E-state index contributed by atoms with van der Waals surface area (Å²) in [6, 6.07) is 8.16. The molecule has 1 amide bonds. The highest BCUT2D eigenvalue weighted by atomic mass is 32.2. The van der Waals surface area contributed by atoms with Crippen LogP contribution in [0.15, 0.2) is 29.2 Å². The van der Waals surface area contributed by atoms with Gasteiger partial charge in [-0.15, -0.1) is 11.8 Å². The van der Waals surface area contributed by atoms with E-state index in [9.17, 15) is 4.79 Å². The molecule has 0 aromatic heterocycles. The van der Waals surface area contributed by atoms with Crippen LogP contribution in [0.2, 0.25) is 0 Å². The lowest BCUT2D eigenvalue weighted by Crippen LogP contribution is -2.32. The van der Waals surface area contributed by atoms with E-state index in [0.717, 1.165) is 31.6 Å². The van der Waals surface area contributed by atoms with Crippen molar-refractivity contribution in [3.05, 3.63) is 24.3 Å². The third-order valence-corrected chi connectivity index (χ3v) is 3.74. The Hall–Kier alpha value is -1.16. The fraction of sp³-hybridized carbons (Fsp3) is 0.462. The molecule has 0 aliphatic carbocycles. The predicted molar refractivity (Wildman–Crippen MR) is 72.5 cm³/mol. The topological polar surface area (TPSA) is 32.3 Å². The molecule has 1 aliphatic heterocycles. The van der Waals surface area contributed by atoms with Crippen LogP contribution in [0.4, 0.5) is 5.69 Å². The van der Waals surface area contributed by atoms with Crippen LogP contribution in [0.25, 0.3) is 0 Å². The number of hydrogen-bond acceptors (Lipinski definition) is 3. The van der Waals surface area contributed by atoms with Crippen molar-refractivity contribution in [2.75, 3.05) is 31.2 Å². The minimum Gasteiger partial charge on any atom is -0.376 e. The summed E-state index contributed by atoms with van der Waals surface area (Å²) in [5.74, 6) is 0.205. The molecule has 0 spiro atoms. The van der Waals surface area contributed by atoms with Gasteiger partial charge >= 0.3 is 0 Å². The molecule has 0 atom stereocenters. The second kappa shape index (κ2) is 5.96. The molecule has 0 bridgehead atoms. The quantitative estimate of drug-likeness (QED) is 0.833. The van der Waals surface area contributed by atoms with E-state index < -0.39 is 0 Å². The zero-order chi connectivity index (χ0) is 12.1. The van der Waals surface area contributed by atoms with Crippen LogP contribution >= 0.6 is 11.8 Å². The molecule has 1 saturated heterocycles. The van der Waals surface area contributed by atoms with Crippen LogP contribution in [0, 0.1) is 0 Å². The number of rotatable bonds is 4. The number of nitrogens with zero attached hydrogens (tertiary/aromatic N) is 1. The van der Waals surface area contributed by atoms with E-state index in [1.807, 2.05) is 17.0 Å². The molecule has 1 heterocycles. The second-order valence-electron chi connectivity index (χ2n) is 4.17. The summed E-state index contributed by atoms with van der Waals surface area (Å²) >= 11 is 1.72. The molecule has 0 saturated carbocycles. The van der Waals surface area contributed by atoms with Crippen LogP contribution in [0.5, 0.6) is 0 Å². The molecule has 92 valence electrons. The molecule has 17 heavy (non-hydrogen) atoms. The van der Waals surface area contributed by atoms with Gasteiger partial charge in [-0.25, -0.2) is 0 Å². The Labute approximate surface area is 107 Å². The number of benzene rings is 1. The van der Waals surface area contributed by atoms with Crippen LogP contribution in [0.3, 0.4) is 0 Å². The molecule has 1 aromatic rings. The number of thioether (sulfide) groups is 1. The minimum atomic E-state index is 0.205. The summed E-state index contributed by atoms with van der Waals surface area (Å²) in [5, 5.41) is 3.17. The number of carbonyl (C=O) groups is 1. The average Bonchev–Trinajstić information content (AvgIpc) is 2.90. The predicted octanol–water partition coefficient (Wildman–Crippen LogP) is 2.44. The first-order chi connectivity index (χ1) is 8.29. The maximum Gasteiger partial charge on any atom is 0.241 e. The fourth-order valence-corrected chi connectivity index (χ4v) is 2.37. The Morgan fingerprint density at radius 1 is 1.29 bits per heavy atom. The average molecular weight is 250 g/mol. The summed E-state index contributed by atoms with van der Waals surface area (Å²) in [7, 11) is 0. The Kier molecular flexibility index (Phi) is 4.31. The van der Waals surface area contributed by atoms with Gasteiger partial charge in [0.1, 0.15) is 0 Å². The van der Waals surface area contributed by atoms with Gasteiger partial charge in [-0.3, -0.25) is 4.79 Å². The van der Waals surface area contributed by atoms with E-state index in [-0.39, 0.29) is 5.91 Å². The van der Waals surface area contributed by atoms with Crippen molar-refractivity contribution >= 4 is 23.4 Å². The van der Waals surface area contributed by atoms with Crippen molar-refractivity contribution in [2.24, 2.45) is 0 Å². The molecular weight excluding hydrogens is 232 g/mol. The highest BCUT2D eigenvalue weighted by Crippen LogP contribution is 2.17. The highest BCUT2D eigenvalue weighted by molar-refractivity contribution is 7.98. The van der Waals surface area contributed by atoms with Crippen LogP contribution in [-0.4, -0.2) is 36.7 Å². The smallest absolute Gasteiger partial charge is 0.241 e. The van der Waals surface area contributed by atoms with Crippen molar-refractivity contribution in [1.29, 1.82) is 0 Å². The van der Waals surface area contributed by atoms with Crippen molar-refractivity contribution in [2.45, 2.75) is 17.7 Å². The van der Waals surface area contributed by atoms with Gasteiger partial charge in [-0.05, 0) is 43.4 Å². The lowest BCUT2D eigenvalue weighted by atomic mass is 10.3. The van der Waals surface area contributed by atoms with E-state index in [4.69, 9.17) is 0 Å². The van der Waals surface area contributed by atoms with Crippen LogP contribution in [0.1, 0.15) is 12.8 Å². The summed E-state index contributed by atoms with van der Waals surface area (Å²) in [6.07, 6.45) is 4.35. The van der Waals surface area contributed by atoms with Gasteiger partial charge in [0.2, 0.25) is 5.91 Å². The first-order valence-electron chi connectivity index (χ1n) is 5.95. The molecule has 0 radical (unpaired) electrons. The Balaban J connectivity index is 1.82. The largest absolute Gasteiger partial charge is 0.376 e. The summed E-state index contributed by atoms with van der Waals surface area (Å²) in [5.41, 5.74) is 1.01. The van der Waals surface area contributed by atoms with E-state index in [0.29, 0.717) is 6.54 Å². The number of nitrogens with one attached hydrogen (secondary N) is 1. The van der Waals surface area contributed by atoms with Crippen molar-refractivity contribution in [1.82, 2.24) is 4.90 Å². The van der Waals surface area contributed by atoms with Gasteiger partial charge in [0, 0.05) is 23.7 Å². The number of likely N-dealkylation sites (tertiary alicyclic amines) is 1. The second-order valence-corrected chi connectivity index (χ2v) is 5.05. The molecule has 2 rings (SSSR count). The highest BCUT2D eigenvalue weighted by Gasteiger charge is 2.16. The maximum absolute atomic E-state index is 11.8. The van der Waals surface area contributed by atoms with Gasteiger partial charge in [-0.2, -0.15) is 0 Å². The maximum atomic E-state index is 11.8. The number of amides is 1. The van der Waals surface area contributed by atoms with Crippen molar-refractivity contribution < 1.29 is 4.79 Å². The van der Waals surface area contributed by atoms with Crippen molar-refractivity contribution in [3.63, 3.8) is 0 Å². The normalized spacial score (nSPS) is 15.0. The molecular formula is C13H18N2OS. The van der Waals surface area contributed by atoms with Gasteiger partial charge in [0.25, 0.3) is 0 Å². The zero-order valence-corrected chi connectivity index (χ0v) is 10.9. The summed E-state index contributed by atoms with van der Waals surface area (Å²) in [4.78, 5) is 15.0. The zero-order valence-electron chi connectivity index (χ0n) is 10.1. The minimum absolute atomic E-state index is 0.205. The van der Waals surface area contributed by atoms with Gasteiger partial charge in [0.15, 0.2) is 0 Å². The molecule has 4 heteroatoms. The number of hydrogen-bond donors (Lipinski definition) is 1. The standard InChI is InChI=1S/C13H18N2OS/c1-17-12-6-4-11(5-7-12)14-10-13(16)15-8-2-3-9-15/h4-7,14H,2-3,8-10H2,1H3. The van der Waals surface area contributed by atoms with Gasteiger partial charge < -0.3 is 10.2 Å². The third-order valence-electron chi connectivity index (χ3n) is 2.99. The number of anilines is 1. The summed E-state index contributed by atoms with van der Waals surface area (Å²) < 4.78 is 0. The van der Waals surface area contributed by atoms with E-state index in [1.54, 1.807) is 11.8 Å². The fourth-order valence-electron chi connectivity index (χ4n) is 1.96. The first kappa shape index (κ1) is 12.3. The van der Waals surface area contributed by atoms with Crippen LogP contribution in [-0.2, 0) is 4.79 Å². The molecule has 1 aliphatic rings. The molecule has 3 nitrogen and oxygen atoms in total. The lowest BCUT2D eigenvalue weighted by molar-refractivity contribution is -0.128. The Morgan fingerprint density at radius 3 is 2.53 bits per heavy atom. The third kappa shape index (κ3) is 3.40. The molecule has 1 fully saturated rings. The number of carbonyl (C=O) groups excluding carboxylic acids is 1. The summed E-state index contributed by atoms with van der Waals surface area (Å²) in [6.45, 7) is 2.25. The van der Waals surface area contributed by atoms with Crippen molar-refractivity contribution in [3.8, 4) is 0 Å². The van der Waals surface area contributed by atoms with Crippen LogP contribution < -0.4 is 5.32 Å².